The molecule has 2 nitrogen and oxygen atoms in total. The molecule has 0 aromatic rings. The van der Waals surface area contributed by atoms with Crippen LogP contribution in [0.15, 0.2) is 0 Å². The molecule has 0 aromatic heterocycles. The Kier molecular flexibility index (Phi) is 4.12. The maximum Gasteiger partial charge on any atom is 0.219 e. The molecule has 1 amide bonds. The second kappa shape index (κ2) is 5.18. The molecule has 12 heavy (non-hydrogen) atoms. The number of amides is 1. The van der Waals surface area contributed by atoms with Crippen LogP contribution in [0, 0.1) is 5.92 Å². The predicted molar refractivity (Wildman–Crippen MR) is 49.9 cm³/mol. The van der Waals surface area contributed by atoms with E-state index in [2.05, 4.69) is 5.32 Å². The van der Waals surface area contributed by atoms with Crippen LogP contribution in [0.4, 0.5) is 0 Å². The monoisotopic (exact) mass is 169 g/mol. The molecule has 1 aliphatic carbocycles. The third kappa shape index (κ3) is 3.24. The van der Waals surface area contributed by atoms with Crippen molar-refractivity contribution in [2.75, 3.05) is 6.54 Å². The average Bonchev–Trinajstić information content (AvgIpc) is 1.95. The quantitative estimate of drug-likeness (QED) is 0.671. The maximum absolute atomic E-state index is 11.0. The lowest BCUT2D eigenvalue weighted by molar-refractivity contribution is -0.121. The zero-order valence-electron chi connectivity index (χ0n) is 7.94. The summed E-state index contributed by atoms with van der Waals surface area (Å²) in [6, 6.07) is 0. The lowest BCUT2D eigenvalue weighted by atomic mass is 9.83. The van der Waals surface area contributed by atoms with Crippen LogP contribution < -0.4 is 5.32 Å². The number of hydrogen-bond donors (Lipinski definition) is 1. The molecule has 1 aliphatic rings. The molecule has 0 aliphatic heterocycles. The maximum atomic E-state index is 11.0. The second-order valence-electron chi connectivity index (χ2n) is 3.69. The van der Waals surface area contributed by atoms with Crippen molar-refractivity contribution < 1.29 is 4.79 Å². The molecular weight excluding hydrogens is 150 g/mol. The minimum absolute atomic E-state index is 0.219. The standard InChI is InChI=1S/C10H19NO/c1-2-4-10(12)11-8-7-9-5-3-6-9/h9H,2-8H2,1H3,(H,11,12). The van der Waals surface area contributed by atoms with E-state index < -0.39 is 0 Å². The highest BCUT2D eigenvalue weighted by Gasteiger charge is 2.16. The number of carbonyl (C=O) groups is 1. The highest BCUT2D eigenvalue weighted by Crippen LogP contribution is 2.28. The Balaban J connectivity index is 1.90. The largest absolute Gasteiger partial charge is 0.356 e. The van der Waals surface area contributed by atoms with Gasteiger partial charge < -0.3 is 5.32 Å². The molecule has 0 bridgehead atoms. The molecule has 0 radical (unpaired) electrons. The Morgan fingerprint density at radius 2 is 2.25 bits per heavy atom. The van der Waals surface area contributed by atoms with Crippen LogP contribution in [0.1, 0.15) is 45.4 Å². The Bertz CT molecular complexity index is 141. The summed E-state index contributed by atoms with van der Waals surface area (Å²) in [5.41, 5.74) is 0. The Morgan fingerprint density at radius 1 is 1.50 bits per heavy atom. The van der Waals surface area contributed by atoms with Gasteiger partial charge in [-0.15, -0.1) is 0 Å². The second-order valence-corrected chi connectivity index (χ2v) is 3.69. The van der Waals surface area contributed by atoms with E-state index in [9.17, 15) is 4.79 Å². The van der Waals surface area contributed by atoms with Crippen LogP contribution in [0.2, 0.25) is 0 Å². The minimum Gasteiger partial charge on any atom is -0.356 e. The summed E-state index contributed by atoms with van der Waals surface area (Å²) in [6.45, 7) is 2.93. The molecule has 0 saturated heterocycles. The molecule has 1 saturated carbocycles. The summed E-state index contributed by atoms with van der Waals surface area (Å²) < 4.78 is 0. The van der Waals surface area contributed by atoms with Gasteiger partial charge in [0, 0.05) is 13.0 Å². The van der Waals surface area contributed by atoms with Gasteiger partial charge in [0.2, 0.25) is 5.91 Å². The summed E-state index contributed by atoms with van der Waals surface area (Å²) in [5.74, 6) is 1.13. The first-order chi connectivity index (χ1) is 5.83. The third-order valence-corrected chi connectivity index (χ3v) is 2.58. The van der Waals surface area contributed by atoms with Crippen molar-refractivity contribution in [3.05, 3.63) is 0 Å². The van der Waals surface area contributed by atoms with E-state index in [0.29, 0.717) is 6.42 Å². The summed E-state index contributed by atoms with van der Waals surface area (Å²) in [7, 11) is 0. The van der Waals surface area contributed by atoms with E-state index in [4.69, 9.17) is 0 Å². The van der Waals surface area contributed by atoms with Gasteiger partial charge in [0.1, 0.15) is 0 Å². The molecule has 0 atom stereocenters. The van der Waals surface area contributed by atoms with Gasteiger partial charge in [-0.3, -0.25) is 4.79 Å². The lowest BCUT2D eigenvalue weighted by Gasteiger charge is -2.25. The summed E-state index contributed by atoms with van der Waals surface area (Å²) in [4.78, 5) is 11.0. The summed E-state index contributed by atoms with van der Waals surface area (Å²) in [6.07, 6.45) is 6.98. The van der Waals surface area contributed by atoms with E-state index in [0.717, 1.165) is 18.9 Å². The molecule has 2 heteroatoms. The molecule has 70 valence electrons. The van der Waals surface area contributed by atoms with Gasteiger partial charge >= 0.3 is 0 Å². The van der Waals surface area contributed by atoms with Gasteiger partial charge in [-0.25, -0.2) is 0 Å². The molecule has 1 N–H and O–H groups in total. The Hall–Kier alpha value is -0.530. The van der Waals surface area contributed by atoms with E-state index in [1.165, 1.54) is 25.7 Å². The first-order valence-electron chi connectivity index (χ1n) is 5.09. The van der Waals surface area contributed by atoms with E-state index >= 15 is 0 Å². The zero-order chi connectivity index (χ0) is 8.81. The van der Waals surface area contributed by atoms with Crippen molar-refractivity contribution >= 4 is 5.91 Å². The normalized spacial score (nSPS) is 17.1. The molecular formula is C10H19NO. The zero-order valence-corrected chi connectivity index (χ0v) is 7.94. The molecule has 1 fully saturated rings. The number of hydrogen-bond acceptors (Lipinski definition) is 1. The van der Waals surface area contributed by atoms with Gasteiger partial charge in [-0.05, 0) is 18.8 Å². The number of carbonyl (C=O) groups excluding carboxylic acids is 1. The molecule has 1 rings (SSSR count). The fraction of sp³-hybridized carbons (Fsp3) is 0.900. The lowest BCUT2D eigenvalue weighted by Crippen LogP contribution is -2.26. The topological polar surface area (TPSA) is 29.1 Å². The summed E-state index contributed by atoms with van der Waals surface area (Å²) >= 11 is 0. The number of nitrogens with one attached hydrogen (secondary N) is 1. The highest BCUT2D eigenvalue weighted by atomic mass is 16.1. The fourth-order valence-electron chi connectivity index (χ4n) is 1.51. The van der Waals surface area contributed by atoms with Crippen LogP contribution >= 0.6 is 0 Å². The van der Waals surface area contributed by atoms with E-state index in [1.54, 1.807) is 0 Å². The van der Waals surface area contributed by atoms with Crippen molar-refractivity contribution in [2.24, 2.45) is 5.92 Å². The Labute approximate surface area is 74.7 Å². The van der Waals surface area contributed by atoms with Crippen molar-refractivity contribution in [3.63, 3.8) is 0 Å². The van der Waals surface area contributed by atoms with Gasteiger partial charge in [-0.1, -0.05) is 26.2 Å². The van der Waals surface area contributed by atoms with Gasteiger partial charge in [0.15, 0.2) is 0 Å². The minimum atomic E-state index is 0.219. The van der Waals surface area contributed by atoms with Crippen molar-refractivity contribution in [3.8, 4) is 0 Å². The molecule has 0 heterocycles. The SMILES string of the molecule is CCCC(=O)NCCC1CCC1. The third-order valence-electron chi connectivity index (χ3n) is 2.58. The van der Waals surface area contributed by atoms with Crippen LogP contribution in [0.3, 0.4) is 0 Å². The van der Waals surface area contributed by atoms with Crippen LogP contribution in [0.5, 0.6) is 0 Å². The first-order valence-corrected chi connectivity index (χ1v) is 5.09. The van der Waals surface area contributed by atoms with Crippen molar-refractivity contribution in [1.82, 2.24) is 5.32 Å². The van der Waals surface area contributed by atoms with Crippen LogP contribution in [0.25, 0.3) is 0 Å². The van der Waals surface area contributed by atoms with Crippen molar-refractivity contribution in [1.29, 1.82) is 0 Å². The summed E-state index contributed by atoms with van der Waals surface area (Å²) in [5, 5.41) is 2.94. The smallest absolute Gasteiger partial charge is 0.219 e. The number of rotatable bonds is 5. The highest BCUT2D eigenvalue weighted by molar-refractivity contribution is 5.75. The van der Waals surface area contributed by atoms with E-state index in [-0.39, 0.29) is 5.91 Å². The molecule has 0 unspecified atom stereocenters. The average molecular weight is 169 g/mol. The van der Waals surface area contributed by atoms with Crippen LogP contribution in [-0.2, 0) is 4.79 Å². The van der Waals surface area contributed by atoms with Crippen LogP contribution in [-0.4, -0.2) is 12.5 Å². The molecule has 0 spiro atoms. The Morgan fingerprint density at radius 3 is 2.75 bits per heavy atom. The first kappa shape index (κ1) is 9.56. The fourth-order valence-corrected chi connectivity index (χ4v) is 1.51. The van der Waals surface area contributed by atoms with Crippen molar-refractivity contribution in [2.45, 2.75) is 45.4 Å². The van der Waals surface area contributed by atoms with E-state index in [1.807, 2.05) is 6.92 Å². The van der Waals surface area contributed by atoms with Gasteiger partial charge in [0.05, 0.1) is 0 Å². The molecule has 0 aromatic carbocycles. The van der Waals surface area contributed by atoms with Gasteiger partial charge in [-0.2, -0.15) is 0 Å². The predicted octanol–water partition coefficient (Wildman–Crippen LogP) is 2.09. The van der Waals surface area contributed by atoms with Gasteiger partial charge in [0.25, 0.3) is 0 Å².